The van der Waals surface area contributed by atoms with Gasteiger partial charge in [-0.3, -0.25) is 0 Å². The second-order valence-electron chi connectivity index (χ2n) is 4.99. The largest absolute Gasteiger partial charge is 0.500 e. The van der Waals surface area contributed by atoms with Crippen LogP contribution >= 0.6 is 0 Å². The number of hydrogen-bond acceptors (Lipinski definition) is 8. The van der Waals surface area contributed by atoms with Gasteiger partial charge in [0.05, 0.1) is 0 Å². The molecule has 0 unspecified atom stereocenters. The van der Waals surface area contributed by atoms with E-state index in [0.717, 1.165) is 24.6 Å². The molecule has 25 heavy (non-hydrogen) atoms. The lowest BCUT2D eigenvalue weighted by Crippen LogP contribution is -2.42. The van der Waals surface area contributed by atoms with E-state index in [1.807, 2.05) is 0 Å². The van der Waals surface area contributed by atoms with Crippen molar-refractivity contribution in [2.75, 3.05) is 56.4 Å². The molecule has 0 saturated carbocycles. The van der Waals surface area contributed by atoms with Gasteiger partial charge in [-0.2, -0.15) is 0 Å². The lowest BCUT2D eigenvalue weighted by molar-refractivity contribution is 0.117. The Morgan fingerprint density at radius 1 is 0.680 bits per heavy atom. The minimum atomic E-state index is -2.33. The van der Waals surface area contributed by atoms with Crippen LogP contribution in [-0.2, 0) is 35.4 Å². The van der Waals surface area contributed by atoms with Gasteiger partial charge in [0.15, 0.2) is 0 Å². The summed E-state index contributed by atoms with van der Waals surface area (Å²) in [6.45, 7) is 2.87. The zero-order chi connectivity index (χ0) is 19.6. The Bertz CT molecular complexity index is 264. The zero-order valence-electron chi connectivity index (χ0n) is 17.2. The third-order valence-corrected chi connectivity index (χ3v) is 13.5. The smallest absolute Gasteiger partial charge is 0.465 e. The lowest BCUT2D eigenvalue weighted by atomic mass is 10.5. The topological polar surface area (TPSA) is 73.8 Å². The average Bonchev–Trinajstić information content (AvgIpc) is 2.67. The Balaban J connectivity index is 0. The van der Waals surface area contributed by atoms with E-state index in [1.165, 1.54) is 0 Å². The maximum absolute atomic E-state index is 5.50. The standard InChI is InChI=1S/C7H18O4Si.C6H20O4Si3/c1-8-6-5-7-12(9-2,10-3)11-4;1-7-13(8-2,9-3)6-5-12-10-11-4/h5-7H2,1-4H3;5-6,11-12H2,1-4H3. The van der Waals surface area contributed by atoms with Crippen LogP contribution in [0.2, 0.25) is 24.7 Å². The predicted octanol–water partition coefficient (Wildman–Crippen LogP) is 0.416. The summed E-state index contributed by atoms with van der Waals surface area (Å²) >= 11 is 0. The molecule has 8 nitrogen and oxygen atoms in total. The molecule has 0 radical (unpaired) electrons. The summed E-state index contributed by atoms with van der Waals surface area (Å²) in [7, 11) is 6.29. The van der Waals surface area contributed by atoms with Crippen molar-refractivity contribution in [1.82, 2.24) is 0 Å². The zero-order valence-corrected chi connectivity index (χ0v) is 22.0. The summed E-state index contributed by atoms with van der Waals surface area (Å²) < 4.78 is 42.0. The van der Waals surface area contributed by atoms with Crippen LogP contribution in [0.5, 0.6) is 0 Å². The van der Waals surface area contributed by atoms with E-state index < -0.39 is 17.6 Å². The molecule has 0 fully saturated rings. The van der Waals surface area contributed by atoms with Gasteiger partial charge in [-0.05, 0) is 12.5 Å². The molecule has 0 bridgehead atoms. The van der Waals surface area contributed by atoms with Gasteiger partial charge in [0.1, 0.15) is 19.5 Å². The molecule has 0 aromatic heterocycles. The molecule has 0 aliphatic heterocycles. The highest BCUT2D eigenvalue weighted by atomic mass is 28.4. The van der Waals surface area contributed by atoms with Crippen LogP contribution in [0.3, 0.4) is 0 Å². The first-order valence-electron chi connectivity index (χ1n) is 8.36. The molecular weight excluding hydrogens is 396 g/mol. The van der Waals surface area contributed by atoms with E-state index in [0.29, 0.717) is 6.61 Å². The second-order valence-corrected chi connectivity index (χ2v) is 14.5. The van der Waals surface area contributed by atoms with Gasteiger partial charge in [-0.25, -0.2) is 0 Å². The fourth-order valence-electron chi connectivity index (χ4n) is 2.08. The van der Waals surface area contributed by atoms with E-state index in [2.05, 4.69) is 6.55 Å². The maximum Gasteiger partial charge on any atom is 0.500 e. The molecule has 0 rings (SSSR count). The number of methoxy groups -OCH3 is 1. The molecule has 0 aliphatic carbocycles. The maximum atomic E-state index is 5.50. The molecule has 0 N–H and O–H groups in total. The lowest BCUT2D eigenvalue weighted by Gasteiger charge is -2.23. The number of rotatable bonds is 15. The van der Waals surface area contributed by atoms with Crippen LogP contribution in [0.25, 0.3) is 0 Å². The van der Waals surface area contributed by atoms with E-state index in [4.69, 9.17) is 35.4 Å². The minimum Gasteiger partial charge on any atom is -0.465 e. The Morgan fingerprint density at radius 3 is 1.48 bits per heavy atom. The summed E-state index contributed by atoms with van der Waals surface area (Å²) in [6.07, 6.45) is 0.901. The van der Waals surface area contributed by atoms with Crippen molar-refractivity contribution >= 4 is 37.1 Å². The number of hydrogen-bond donors (Lipinski definition) is 0. The van der Waals surface area contributed by atoms with Gasteiger partial charge in [0.2, 0.25) is 0 Å². The fraction of sp³-hybridized carbons (Fsp3) is 1.00. The van der Waals surface area contributed by atoms with Gasteiger partial charge < -0.3 is 35.4 Å². The average molecular weight is 435 g/mol. The molecule has 0 amide bonds. The van der Waals surface area contributed by atoms with Crippen LogP contribution < -0.4 is 0 Å². The van der Waals surface area contributed by atoms with Gasteiger partial charge in [-0.15, -0.1) is 0 Å². The van der Waals surface area contributed by atoms with E-state index in [9.17, 15) is 0 Å². The Hall–Kier alpha value is 0.548. The van der Waals surface area contributed by atoms with Crippen molar-refractivity contribution in [1.29, 1.82) is 0 Å². The fourth-order valence-corrected chi connectivity index (χ4v) is 9.16. The van der Waals surface area contributed by atoms with Crippen molar-refractivity contribution in [2.24, 2.45) is 0 Å². The van der Waals surface area contributed by atoms with Crippen molar-refractivity contribution in [3.8, 4) is 0 Å². The quantitative estimate of drug-likeness (QED) is 0.271. The third kappa shape index (κ3) is 12.5. The van der Waals surface area contributed by atoms with E-state index >= 15 is 0 Å². The van der Waals surface area contributed by atoms with Crippen LogP contribution in [-0.4, -0.2) is 93.5 Å². The molecule has 0 spiro atoms. The first kappa shape index (κ1) is 27.8. The van der Waals surface area contributed by atoms with Gasteiger partial charge in [0, 0.05) is 68.5 Å². The summed E-state index contributed by atoms with van der Waals surface area (Å²) in [5.41, 5.74) is 0. The highest BCUT2D eigenvalue weighted by Gasteiger charge is 2.37. The van der Waals surface area contributed by atoms with Crippen molar-refractivity contribution in [2.45, 2.75) is 31.1 Å². The first-order valence-corrected chi connectivity index (χ1v) is 15.8. The molecule has 0 saturated heterocycles. The van der Waals surface area contributed by atoms with Crippen molar-refractivity contribution < 1.29 is 35.4 Å². The summed E-state index contributed by atoms with van der Waals surface area (Å²) in [6, 6.07) is 2.77. The predicted molar refractivity (Wildman–Crippen MR) is 109 cm³/mol. The molecule has 0 aromatic rings. The summed E-state index contributed by atoms with van der Waals surface area (Å²) in [5, 5.41) is 0. The summed E-state index contributed by atoms with van der Waals surface area (Å²) in [5.74, 6) is 0. The van der Waals surface area contributed by atoms with Gasteiger partial charge in [0.25, 0.3) is 0 Å². The van der Waals surface area contributed by atoms with E-state index in [1.54, 1.807) is 49.8 Å². The Kier molecular flexibility index (Phi) is 19.9. The SMILES string of the molecule is COCCC[Si](OC)(OC)OC.CO[Si](CC[SiH2]O[SiH2]C)(OC)OC. The van der Waals surface area contributed by atoms with Crippen LogP contribution in [0.1, 0.15) is 6.42 Å². The molecule has 0 atom stereocenters. The molecule has 12 heteroatoms. The molecule has 0 heterocycles. The summed E-state index contributed by atoms with van der Waals surface area (Å²) in [4.78, 5) is 0. The van der Waals surface area contributed by atoms with Crippen LogP contribution in [0, 0.1) is 0 Å². The Labute approximate surface area is 160 Å². The van der Waals surface area contributed by atoms with Crippen molar-refractivity contribution in [3.63, 3.8) is 0 Å². The van der Waals surface area contributed by atoms with Gasteiger partial charge >= 0.3 is 17.6 Å². The molecular formula is C13H38O8Si4. The second kappa shape index (κ2) is 17.9. The third-order valence-electron chi connectivity index (χ3n) is 3.67. The number of ether oxygens (including phenoxy) is 1. The first-order chi connectivity index (χ1) is 12.0. The normalized spacial score (nSPS) is 13.0. The highest BCUT2D eigenvalue weighted by molar-refractivity contribution is 6.62. The molecule has 0 aromatic carbocycles. The van der Waals surface area contributed by atoms with Crippen molar-refractivity contribution in [3.05, 3.63) is 0 Å². The molecule has 154 valence electrons. The van der Waals surface area contributed by atoms with Crippen LogP contribution in [0.4, 0.5) is 0 Å². The minimum absolute atomic E-state index is 0.214. The molecule has 0 aliphatic rings. The highest BCUT2D eigenvalue weighted by Crippen LogP contribution is 2.15. The van der Waals surface area contributed by atoms with Crippen LogP contribution in [0.15, 0.2) is 0 Å². The Morgan fingerprint density at radius 2 is 1.12 bits per heavy atom. The monoisotopic (exact) mass is 434 g/mol. The van der Waals surface area contributed by atoms with E-state index in [-0.39, 0.29) is 19.5 Å². The van der Waals surface area contributed by atoms with Gasteiger partial charge in [-0.1, -0.05) is 6.55 Å².